The van der Waals surface area contributed by atoms with E-state index in [0.717, 1.165) is 5.56 Å². The van der Waals surface area contributed by atoms with Gasteiger partial charge in [0, 0.05) is 0 Å². The molecule has 1 fully saturated rings. The number of allylic oxidation sites excluding steroid dienone is 4. The summed E-state index contributed by atoms with van der Waals surface area (Å²) < 4.78 is 0. The van der Waals surface area contributed by atoms with Crippen LogP contribution in [-0.2, 0) is 32.5 Å². The van der Waals surface area contributed by atoms with Crippen molar-refractivity contribution in [1.29, 1.82) is 0 Å². The van der Waals surface area contributed by atoms with Crippen LogP contribution in [0.15, 0.2) is 34.4 Å². The van der Waals surface area contributed by atoms with E-state index < -0.39 is 8.07 Å². The van der Waals surface area contributed by atoms with E-state index >= 15 is 0 Å². The smallest absolute Gasteiger partial charge is 0.668 e. The van der Waals surface area contributed by atoms with Gasteiger partial charge >= 0.3 is 21.7 Å². The van der Waals surface area contributed by atoms with Crippen LogP contribution in [-0.4, -0.2) is 34.3 Å². The van der Waals surface area contributed by atoms with Gasteiger partial charge in [0.1, 0.15) is 5.75 Å². The number of hydrogen-bond acceptors (Lipinski definition) is 2. The zero-order valence-electron chi connectivity index (χ0n) is 30.1. The molecular weight excluding hydrogens is 552 g/mol. The number of fused-ring (bicyclic) bond motifs is 1. The van der Waals surface area contributed by atoms with Crippen LogP contribution in [0.2, 0.25) is 18.6 Å². The molecule has 0 heterocycles. The van der Waals surface area contributed by atoms with Gasteiger partial charge in [-0.1, -0.05) is 91.8 Å². The number of nitrogens with zero attached hydrogens (tertiary/aromatic N) is 1. The summed E-state index contributed by atoms with van der Waals surface area (Å²) in [4.78, 5) is 0. The Hall–Kier alpha value is -0.649. The Labute approximate surface area is 272 Å². The van der Waals surface area contributed by atoms with Crippen molar-refractivity contribution >= 4 is 13.3 Å². The molecule has 0 spiro atoms. The summed E-state index contributed by atoms with van der Waals surface area (Å²) in [5.74, 6) is 3.11. The second kappa shape index (κ2) is 15.9. The van der Waals surface area contributed by atoms with Crippen molar-refractivity contribution in [2.24, 2.45) is 23.7 Å². The Morgan fingerprint density at radius 3 is 1.59 bits per heavy atom. The molecule has 1 aromatic carbocycles. The maximum atomic E-state index is 11.8. The Bertz CT molecular complexity index is 1060. The first-order valence-electron chi connectivity index (χ1n) is 14.8. The van der Waals surface area contributed by atoms with E-state index in [0.29, 0.717) is 35.0 Å². The molecule has 41 heavy (non-hydrogen) atoms. The summed E-state index contributed by atoms with van der Waals surface area (Å²) in [6.45, 7) is 33.1. The Kier molecular flexibility index (Phi) is 16.5. The number of phenols is 1. The van der Waals surface area contributed by atoms with E-state index in [-0.39, 0.29) is 40.0 Å². The van der Waals surface area contributed by atoms with E-state index in [1.807, 2.05) is 0 Å². The summed E-state index contributed by atoms with van der Waals surface area (Å²) in [5.41, 5.74) is 9.28. The van der Waals surface area contributed by atoms with Crippen molar-refractivity contribution in [3.8, 4) is 5.75 Å². The molecular formula is C36H65N2OSiTi. The first kappa shape index (κ1) is 42.5. The minimum atomic E-state index is -2.05. The first-order chi connectivity index (χ1) is 17.7. The van der Waals surface area contributed by atoms with E-state index in [2.05, 4.69) is 126 Å². The third kappa shape index (κ3) is 8.72. The average molecular weight is 618 g/mol. The zero-order chi connectivity index (χ0) is 30.8. The molecule has 1 radical (unpaired) electrons. The molecule has 1 saturated carbocycles. The maximum absolute atomic E-state index is 11.8. The van der Waals surface area contributed by atoms with Gasteiger partial charge in [-0.05, 0) is 102 Å². The third-order valence-electron chi connectivity index (χ3n) is 9.79. The minimum absolute atomic E-state index is 0. The van der Waals surface area contributed by atoms with E-state index in [9.17, 15) is 5.11 Å². The van der Waals surface area contributed by atoms with E-state index in [1.165, 1.54) is 21.9 Å². The topological polar surface area (TPSA) is 46.4 Å². The molecule has 233 valence electrons. The molecule has 3 nitrogen and oxygen atoms in total. The number of nitrogens with one attached hydrogen (secondary N) is 1. The van der Waals surface area contributed by atoms with Crippen LogP contribution in [0.3, 0.4) is 0 Å². The van der Waals surface area contributed by atoms with Gasteiger partial charge in [0.15, 0.2) is 0 Å². The van der Waals surface area contributed by atoms with Gasteiger partial charge in [-0.15, -0.1) is 0 Å². The van der Waals surface area contributed by atoms with Gasteiger partial charge in [0.2, 0.25) is 0 Å². The molecule has 1 aromatic rings. The maximum Gasteiger partial charge on any atom is 3.00 e. The molecule has 2 N–H and O–H groups in total. The van der Waals surface area contributed by atoms with Crippen LogP contribution < -0.4 is 10.5 Å². The second-order valence-electron chi connectivity index (χ2n) is 14.9. The van der Waals surface area contributed by atoms with Crippen molar-refractivity contribution in [3.63, 3.8) is 0 Å². The van der Waals surface area contributed by atoms with Crippen LogP contribution in [0.1, 0.15) is 94.2 Å². The standard InChI is InChI=1S/C31H50OSi.2C2H6N.CH3.Ti/c1-17-18(2)20(4)27-26(19(17)3)21(5)22(6)29(27)33(13,14)25-16-23(30(7,8)9)15-24(28(25)32)31(10,11)12;2*1-3-2;;/h15-16,21-22,26-27,29,32H,1-14H3;1-2H3;3H,1H2,2H3;1H3;/q;3*-1;+3. The van der Waals surface area contributed by atoms with E-state index in [4.69, 9.17) is 0 Å². The number of hydrogen-bond donors (Lipinski definition) is 2. The molecule has 5 unspecified atom stereocenters. The largest absolute Gasteiger partial charge is 3.00 e. The van der Waals surface area contributed by atoms with Gasteiger partial charge in [-0.3, -0.25) is 7.05 Å². The van der Waals surface area contributed by atoms with Gasteiger partial charge in [0.05, 0.1) is 8.07 Å². The quantitative estimate of drug-likeness (QED) is 0.256. The summed E-state index contributed by atoms with van der Waals surface area (Å²) in [6, 6.07) is 4.67. The fourth-order valence-corrected chi connectivity index (χ4v) is 11.8. The molecule has 0 bridgehead atoms. The van der Waals surface area contributed by atoms with Crippen LogP contribution in [0.25, 0.3) is 5.32 Å². The minimum Gasteiger partial charge on any atom is -0.668 e. The van der Waals surface area contributed by atoms with Crippen LogP contribution in [0.4, 0.5) is 0 Å². The molecule has 5 heteroatoms. The van der Waals surface area contributed by atoms with Crippen molar-refractivity contribution < 1.29 is 26.8 Å². The number of phenolic OH excluding ortho intramolecular Hbond substituents is 1. The number of aromatic hydroxyl groups is 1. The van der Waals surface area contributed by atoms with Crippen LogP contribution in [0.5, 0.6) is 5.75 Å². The van der Waals surface area contributed by atoms with Crippen molar-refractivity contribution in [2.45, 2.75) is 113 Å². The molecule has 0 amide bonds. The fraction of sp³-hybridized carbons (Fsp3) is 0.667. The summed E-state index contributed by atoms with van der Waals surface area (Å²) in [5, 5.41) is 19.1. The number of rotatable bonds is 2. The Balaban J connectivity index is 0. The second-order valence-corrected chi connectivity index (χ2v) is 19.5. The summed E-state index contributed by atoms with van der Waals surface area (Å²) in [6.07, 6.45) is 0. The first-order valence-corrected chi connectivity index (χ1v) is 17.9. The monoisotopic (exact) mass is 617 g/mol. The van der Waals surface area contributed by atoms with E-state index in [1.54, 1.807) is 32.3 Å². The third-order valence-corrected chi connectivity index (χ3v) is 14.1. The fourth-order valence-electron chi connectivity index (χ4n) is 7.24. The Morgan fingerprint density at radius 2 is 1.22 bits per heavy atom. The molecule has 0 aromatic heterocycles. The molecule has 5 atom stereocenters. The van der Waals surface area contributed by atoms with Gasteiger partial charge in [-0.25, -0.2) is 0 Å². The summed E-state index contributed by atoms with van der Waals surface area (Å²) in [7, 11) is 6.45. The SMILES string of the molecule is CC1=C(C)C2C(C)C(C)C([Si](C)(C)c3cc(C(C)(C)C)cc(C(C)(C)C)c3O)C2C(C)=C1C.C[N-]C.[CH2-]NC.[CH3-].[Ti+3]. The van der Waals surface area contributed by atoms with Crippen molar-refractivity contribution in [1.82, 2.24) is 5.32 Å². The van der Waals surface area contributed by atoms with Crippen molar-refractivity contribution in [2.75, 3.05) is 21.1 Å². The predicted molar refractivity (Wildman–Crippen MR) is 184 cm³/mol. The van der Waals surface area contributed by atoms with Gasteiger partial charge in [-0.2, -0.15) is 14.1 Å². The average Bonchev–Trinajstić information content (AvgIpc) is 3.07. The molecule has 0 aliphatic heterocycles. The van der Waals surface area contributed by atoms with Gasteiger partial charge < -0.3 is 23.2 Å². The molecule has 3 rings (SSSR count). The predicted octanol–water partition coefficient (Wildman–Crippen LogP) is 9.54. The summed E-state index contributed by atoms with van der Waals surface area (Å²) >= 11 is 0. The van der Waals surface area contributed by atoms with Crippen molar-refractivity contribution in [3.05, 3.63) is 65.3 Å². The van der Waals surface area contributed by atoms with Crippen LogP contribution in [0, 0.1) is 38.1 Å². The van der Waals surface area contributed by atoms with Gasteiger partial charge in [0.25, 0.3) is 0 Å². The normalized spacial score (nSPS) is 24.3. The number of benzene rings is 1. The molecule has 0 saturated heterocycles. The molecule has 2 aliphatic rings. The zero-order valence-corrected chi connectivity index (χ0v) is 32.7. The van der Waals surface area contributed by atoms with Crippen LogP contribution >= 0.6 is 0 Å². The Morgan fingerprint density at radius 1 is 0.829 bits per heavy atom. The molecule has 2 aliphatic carbocycles.